The first-order valence-electron chi connectivity index (χ1n) is 5.25. The monoisotopic (exact) mass is 194 g/mol. The van der Waals surface area contributed by atoms with Crippen molar-refractivity contribution < 1.29 is 0 Å². The summed E-state index contributed by atoms with van der Waals surface area (Å²) in [6.45, 7) is 7.13. The van der Waals surface area contributed by atoms with Crippen molar-refractivity contribution in [3.8, 4) is 0 Å². The number of nitrogens with two attached hydrogens (primary N) is 1. The third kappa shape index (κ3) is 1.62. The van der Waals surface area contributed by atoms with Crippen molar-refractivity contribution in [1.29, 1.82) is 0 Å². The van der Waals surface area contributed by atoms with E-state index in [-0.39, 0.29) is 0 Å². The Morgan fingerprint density at radius 2 is 2.43 bits per heavy atom. The minimum Gasteiger partial charge on any atom is -0.341 e. The molecule has 14 heavy (non-hydrogen) atoms. The first-order chi connectivity index (χ1) is 6.70. The van der Waals surface area contributed by atoms with E-state index < -0.39 is 0 Å². The van der Waals surface area contributed by atoms with Crippen molar-refractivity contribution in [3.05, 3.63) is 11.9 Å². The number of aryl methyl sites for hydroxylation is 2. The second-order valence-electron chi connectivity index (χ2n) is 3.96. The van der Waals surface area contributed by atoms with Crippen molar-refractivity contribution in [1.82, 2.24) is 9.55 Å². The minimum atomic E-state index is 0.317. The quantitative estimate of drug-likeness (QED) is 0.755. The third-order valence-electron chi connectivity index (χ3n) is 2.72. The summed E-state index contributed by atoms with van der Waals surface area (Å²) in [6, 6.07) is 0.317. The van der Waals surface area contributed by atoms with Crippen LogP contribution in [-0.4, -0.2) is 28.7 Å². The van der Waals surface area contributed by atoms with E-state index in [0.717, 1.165) is 37.7 Å². The van der Waals surface area contributed by atoms with Gasteiger partial charge in [0.2, 0.25) is 5.95 Å². The number of anilines is 1. The molecule has 2 N–H and O–H groups in total. The van der Waals surface area contributed by atoms with Gasteiger partial charge in [0, 0.05) is 31.9 Å². The number of nitrogens with zero attached hydrogens (tertiary/aromatic N) is 3. The predicted molar refractivity (Wildman–Crippen MR) is 57.4 cm³/mol. The second kappa shape index (κ2) is 3.61. The first-order valence-corrected chi connectivity index (χ1v) is 5.25. The van der Waals surface area contributed by atoms with Gasteiger partial charge >= 0.3 is 0 Å². The van der Waals surface area contributed by atoms with Crippen LogP contribution in [0, 0.1) is 6.92 Å². The lowest BCUT2D eigenvalue weighted by atomic mass is 10.3. The molecular weight excluding hydrogens is 176 g/mol. The molecule has 2 heterocycles. The van der Waals surface area contributed by atoms with E-state index in [0.29, 0.717) is 6.04 Å². The number of hydrogen-bond donors (Lipinski definition) is 1. The zero-order valence-corrected chi connectivity index (χ0v) is 8.90. The molecule has 1 fully saturated rings. The van der Waals surface area contributed by atoms with Crippen molar-refractivity contribution in [2.45, 2.75) is 32.9 Å². The Morgan fingerprint density at radius 1 is 1.64 bits per heavy atom. The van der Waals surface area contributed by atoms with E-state index in [9.17, 15) is 0 Å². The minimum absolute atomic E-state index is 0.317. The lowest BCUT2D eigenvalue weighted by molar-refractivity contribution is 0.720. The number of imidazole rings is 1. The van der Waals surface area contributed by atoms with Gasteiger partial charge in [-0.3, -0.25) is 0 Å². The Balaban J connectivity index is 2.22. The Labute approximate surface area is 84.7 Å². The molecule has 0 radical (unpaired) electrons. The molecule has 0 bridgehead atoms. The molecule has 0 saturated carbocycles. The van der Waals surface area contributed by atoms with Gasteiger partial charge in [0.25, 0.3) is 0 Å². The summed E-state index contributed by atoms with van der Waals surface area (Å²) in [5, 5.41) is 0. The molecule has 0 spiro atoms. The maximum atomic E-state index is 5.88. The summed E-state index contributed by atoms with van der Waals surface area (Å²) in [4.78, 5) is 6.81. The fourth-order valence-corrected chi connectivity index (χ4v) is 1.99. The maximum Gasteiger partial charge on any atom is 0.205 e. The Morgan fingerprint density at radius 3 is 3.00 bits per heavy atom. The zero-order chi connectivity index (χ0) is 10.1. The normalized spacial score (nSPS) is 21.9. The zero-order valence-electron chi connectivity index (χ0n) is 8.90. The largest absolute Gasteiger partial charge is 0.341 e. The highest BCUT2D eigenvalue weighted by Gasteiger charge is 2.22. The molecule has 0 aliphatic carbocycles. The van der Waals surface area contributed by atoms with Crippen molar-refractivity contribution >= 4 is 5.95 Å². The van der Waals surface area contributed by atoms with Crippen LogP contribution >= 0.6 is 0 Å². The molecule has 78 valence electrons. The van der Waals surface area contributed by atoms with Crippen molar-refractivity contribution in [2.24, 2.45) is 5.73 Å². The average molecular weight is 194 g/mol. The molecule has 4 nitrogen and oxygen atoms in total. The number of aromatic nitrogens is 2. The van der Waals surface area contributed by atoms with Gasteiger partial charge < -0.3 is 15.2 Å². The van der Waals surface area contributed by atoms with E-state index >= 15 is 0 Å². The van der Waals surface area contributed by atoms with E-state index in [1.807, 2.05) is 6.92 Å². The van der Waals surface area contributed by atoms with Crippen LogP contribution in [-0.2, 0) is 6.54 Å². The number of rotatable bonds is 2. The molecule has 1 aromatic rings. The topological polar surface area (TPSA) is 47.1 Å². The standard InChI is InChI=1S/C10H18N4/c1-3-13-6-8(2)12-10(13)14-5-4-9(11)7-14/h6,9H,3-5,7,11H2,1-2H3. The predicted octanol–water partition coefficient (Wildman–Crippen LogP) is 0.749. The van der Waals surface area contributed by atoms with Gasteiger partial charge in [0.1, 0.15) is 0 Å². The summed E-state index contributed by atoms with van der Waals surface area (Å²) in [7, 11) is 0. The third-order valence-corrected chi connectivity index (χ3v) is 2.72. The highest BCUT2D eigenvalue weighted by atomic mass is 15.3. The van der Waals surface area contributed by atoms with Crippen LogP contribution in [0.2, 0.25) is 0 Å². The molecule has 2 rings (SSSR count). The number of hydrogen-bond acceptors (Lipinski definition) is 3. The molecule has 1 aromatic heterocycles. The van der Waals surface area contributed by atoms with Gasteiger partial charge in [0.15, 0.2) is 0 Å². The van der Waals surface area contributed by atoms with Gasteiger partial charge in [0.05, 0.1) is 5.69 Å². The molecule has 1 aliphatic rings. The fraction of sp³-hybridized carbons (Fsp3) is 0.700. The van der Waals surface area contributed by atoms with E-state index in [1.54, 1.807) is 0 Å². The van der Waals surface area contributed by atoms with E-state index in [1.165, 1.54) is 0 Å². The Bertz CT molecular complexity index is 318. The second-order valence-corrected chi connectivity index (χ2v) is 3.96. The molecular formula is C10H18N4. The van der Waals surface area contributed by atoms with Crippen LogP contribution in [0.1, 0.15) is 19.0 Å². The van der Waals surface area contributed by atoms with E-state index in [4.69, 9.17) is 5.73 Å². The Kier molecular flexibility index (Phi) is 2.46. The highest BCUT2D eigenvalue weighted by molar-refractivity contribution is 5.35. The molecule has 1 unspecified atom stereocenters. The van der Waals surface area contributed by atoms with Gasteiger partial charge in [-0.25, -0.2) is 4.98 Å². The highest BCUT2D eigenvalue weighted by Crippen LogP contribution is 2.18. The van der Waals surface area contributed by atoms with Crippen molar-refractivity contribution in [3.63, 3.8) is 0 Å². The van der Waals surface area contributed by atoms with Crippen LogP contribution in [0.5, 0.6) is 0 Å². The fourth-order valence-electron chi connectivity index (χ4n) is 1.99. The molecule has 1 atom stereocenters. The van der Waals surface area contributed by atoms with Crippen molar-refractivity contribution in [2.75, 3.05) is 18.0 Å². The summed E-state index contributed by atoms with van der Waals surface area (Å²) in [5.41, 5.74) is 6.97. The SMILES string of the molecule is CCn1cc(C)nc1N1CCC(N)C1. The van der Waals surface area contributed by atoms with E-state index in [2.05, 4.69) is 27.6 Å². The van der Waals surface area contributed by atoms with Crippen LogP contribution in [0.4, 0.5) is 5.95 Å². The van der Waals surface area contributed by atoms with Crippen LogP contribution in [0.3, 0.4) is 0 Å². The maximum absolute atomic E-state index is 5.88. The summed E-state index contributed by atoms with van der Waals surface area (Å²) in [5.74, 6) is 1.08. The molecule has 0 amide bonds. The lowest BCUT2D eigenvalue weighted by Crippen LogP contribution is -2.28. The molecule has 4 heteroatoms. The van der Waals surface area contributed by atoms with Gasteiger partial charge in [-0.2, -0.15) is 0 Å². The molecule has 0 aromatic carbocycles. The van der Waals surface area contributed by atoms with Crippen LogP contribution in [0.15, 0.2) is 6.20 Å². The first kappa shape index (κ1) is 9.52. The summed E-state index contributed by atoms with van der Waals surface area (Å²) < 4.78 is 2.19. The summed E-state index contributed by atoms with van der Waals surface area (Å²) >= 11 is 0. The van der Waals surface area contributed by atoms with Crippen LogP contribution in [0.25, 0.3) is 0 Å². The van der Waals surface area contributed by atoms with Gasteiger partial charge in [-0.15, -0.1) is 0 Å². The smallest absolute Gasteiger partial charge is 0.205 e. The van der Waals surface area contributed by atoms with Gasteiger partial charge in [-0.1, -0.05) is 0 Å². The lowest BCUT2D eigenvalue weighted by Gasteiger charge is -2.17. The van der Waals surface area contributed by atoms with Gasteiger partial charge in [-0.05, 0) is 20.3 Å². The molecule has 1 saturated heterocycles. The van der Waals surface area contributed by atoms with Crippen LogP contribution < -0.4 is 10.6 Å². The average Bonchev–Trinajstić information content (AvgIpc) is 2.71. The Hall–Kier alpha value is -1.03. The summed E-state index contributed by atoms with van der Waals surface area (Å²) in [6.07, 6.45) is 3.18. The molecule has 1 aliphatic heterocycles.